The van der Waals surface area contributed by atoms with E-state index in [1.165, 1.54) is 0 Å². The molecule has 2 heterocycles. The van der Waals surface area contributed by atoms with E-state index in [9.17, 15) is 25.5 Å². The summed E-state index contributed by atoms with van der Waals surface area (Å²) in [6.07, 6.45) is -10.9. The Bertz CT molecular complexity index is 403. The summed E-state index contributed by atoms with van der Waals surface area (Å²) in [5, 5.41) is 59.3. The van der Waals surface area contributed by atoms with Gasteiger partial charge in [-0.15, -0.1) is 0 Å². The van der Waals surface area contributed by atoms with Gasteiger partial charge >= 0.3 is 0 Å². The van der Waals surface area contributed by atoms with Crippen LogP contribution < -0.4 is 0 Å². The van der Waals surface area contributed by atoms with Gasteiger partial charge in [0.2, 0.25) is 5.79 Å². The summed E-state index contributed by atoms with van der Waals surface area (Å²) < 4.78 is 16.1. The monoisotopic (exact) mass is 466 g/mol. The largest absolute Gasteiger partial charge is 0.394 e. The van der Waals surface area contributed by atoms with E-state index in [1.54, 1.807) is 0 Å². The van der Waals surface area contributed by atoms with Crippen LogP contribution in [-0.4, -0.2) is 103 Å². The number of alkyl halides is 2. The van der Waals surface area contributed by atoms with E-state index in [0.29, 0.717) is 0 Å². The fourth-order valence-corrected chi connectivity index (χ4v) is 3.76. The molecule has 0 aromatic carbocycles. The van der Waals surface area contributed by atoms with Crippen molar-refractivity contribution in [3.8, 4) is 0 Å². The van der Waals surface area contributed by atoms with Crippen LogP contribution in [0.3, 0.4) is 0 Å². The SMILES string of the molecule is OC[C@H]1O[C@H](O)[C@H](O[C@]2(CBr)O[C@H](CBr)[C@@H](O)[C@@H]2O)[C@@H](O)[C@@H]1O. The molecule has 2 aliphatic rings. The van der Waals surface area contributed by atoms with Crippen molar-refractivity contribution >= 4 is 31.9 Å². The zero-order chi connectivity index (χ0) is 17.4. The van der Waals surface area contributed by atoms with Crippen LogP contribution in [0.15, 0.2) is 0 Å². The highest BCUT2D eigenvalue weighted by molar-refractivity contribution is 9.09. The molecule has 0 bridgehead atoms. The van der Waals surface area contributed by atoms with Crippen LogP contribution in [0.5, 0.6) is 0 Å². The molecule has 2 aliphatic heterocycles. The van der Waals surface area contributed by atoms with Gasteiger partial charge in [-0.3, -0.25) is 0 Å². The lowest BCUT2D eigenvalue weighted by molar-refractivity contribution is -0.352. The fraction of sp³-hybridized carbons (Fsp3) is 1.00. The number of aliphatic hydroxyl groups is 6. The summed E-state index contributed by atoms with van der Waals surface area (Å²) in [6, 6.07) is 0. The maximum absolute atomic E-state index is 10.2. The summed E-state index contributed by atoms with van der Waals surface area (Å²) in [6.45, 7) is -0.602. The van der Waals surface area contributed by atoms with Crippen molar-refractivity contribution < 1.29 is 44.8 Å². The molecule has 9 nitrogen and oxygen atoms in total. The second kappa shape index (κ2) is 7.87. The van der Waals surface area contributed by atoms with Gasteiger partial charge in [0.15, 0.2) is 6.29 Å². The van der Waals surface area contributed by atoms with Gasteiger partial charge in [-0.05, 0) is 0 Å². The van der Waals surface area contributed by atoms with E-state index in [-0.39, 0.29) is 10.7 Å². The Morgan fingerprint density at radius 1 is 0.957 bits per heavy atom. The first-order valence-corrected chi connectivity index (χ1v) is 9.19. The number of hydrogen-bond acceptors (Lipinski definition) is 9. The Kier molecular flexibility index (Phi) is 6.82. The van der Waals surface area contributed by atoms with Crippen molar-refractivity contribution in [3.05, 3.63) is 0 Å². The second-order valence-corrected chi connectivity index (χ2v) is 6.71. The van der Waals surface area contributed by atoms with Crippen molar-refractivity contribution in [1.82, 2.24) is 0 Å². The molecule has 136 valence electrons. The molecule has 0 aromatic heterocycles. The molecular weight excluding hydrogens is 448 g/mol. The maximum atomic E-state index is 10.2. The van der Waals surface area contributed by atoms with Crippen LogP contribution in [0.2, 0.25) is 0 Å². The summed E-state index contributed by atoms with van der Waals surface area (Å²) in [5.41, 5.74) is 0. The zero-order valence-corrected chi connectivity index (χ0v) is 15.1. The number of halogens is 2. The Labute approximate surface area is 149 Å². The lowest BCUT2D eigenvalue weighted by Crippen LogP contribution is -2.63. The maximum Gasteiger partial charge on any atom is 0.208 e. The van der Waals surface area contributed by atoms with Crippen molar-refractivity contribution in [1.29, 1.82) is 0 Å². The van der Waals surface area contributed by atoms with Gasteiger partial charge in [0, 0.05) is 5.33 Å². The molecule has 9 atom stereocenters. The predicted octanol–water partition coefficient (Wildman–Crippen LogP) is -2.59. The van der Waals surface area contributed by atoms with Gasteiger partial charge in [0.1, 0.15) is 36.6 Å². The molecule has 0 aliphatic carbocycles. The molecule has 0 aromatic rings. The highest BCUT2D eigenvalue weighted by atomic mass is 79.9. The molecule has 0 amide bonds. The third-order valence-corrected chi connectivity index (χ3v) is 5.44. The molecular formula is C12H20Br2O9. The first-order valence-electron chi connectivity index (χ1n) is 6.95. The Morgan fingerprint density at radius 3 is 2.09 bits per heavy atom. The van der Waals surface area contributed by atoms with Crippen LogP contribution in [0.25, 0.3) is 0 Å². The number of ether oxygens (including phenoxy) is 3. The van der Waals surface area contributed by atoms with Crippen molar-refractivity contribution in [2.75, 3.05) is 17.3 Å². The van der Waals surface area contributed by atoms with Crippen LogP contribution in [0, 0.1) is 0 Å². The number of rotatable bonds is 5. The van der Waals surface area contributed by atoms with Crippen LogP contribution in [0.1, 0.15) is 0 Å². The molecule has 0 unspecified atom stereocenters. The Hall–Kier alpha value is 0.600. The van der Waals surface area contributed by atoms with Crippen molar-refractivity contribution in [2.45, 2.75) is 54.8 Å². The molecule has 0 saturated carbocycles. The van der Waals surface area contributed by atoms with Gasteiger partial charge in [-0.1, -0.05) is 31.9 Å². The van der Waals surface area contributed by atoms with E-state index in [2.05, 4.69) is 31.9 Å². The van der Waals surface area contributed by atoms with Gasteiger partial charge in [-0.25, -0.2) is 0 Å². The topological polar surface area (TPSA) is 149 Å². The van der Waals surface area contributed by atoms with Crippen LogP contribution >= 0.6 is 31.9 Å². The van der Waals surface area contributed by atoms with Crippen LogP contribution in [0.4, 0.5) is 0 Å². The minimum atomic E-state index is -1.75. The van der Waals surface area contributed by atoms with Crippen molar-refractivity contribution in [2.24, 2.45) is 0 Å². The third-order valence-electron chi connectivity index (χ3n) is 4.02. The fourth-order valence-electron chi connectivity index (χ4n) is 2.65. The molecule has 2 saturated heterocycles. The first-order chi connectivity index (χ1) is 10.8. The predicted molar refractivity (Wildman–Crippen MR) is 82.1 cm³/mol. The standard InChI is InChI=1S/C12H20Br2O9/c13-1-4-7(17)10(19)12(3-14,22-4)23-9-8(18)6(16)5(2-15)21-11(9)20/h4-11,15-20H,1-3H2/t4-,5-,6-,7-,8+,9-,10+,11+,12+/m1/s1. The average Bonchev–Trinajstić information content (AvgIpc) is 2.80. The van der Waals surface area contributed by atoms with E-state index in [1.807, 2.05) is 0 Å². The molecule has 2 rings (SSSR count). The second-order valence-electron chi connectivity index (χ2n) is 5.50. The van der Waals surface area contributed by atoms with E-state index in [0.717, 1.165) is 0 Å². The van der Waals surface area contributed by atoms with E-state index >= 15 is 0 Å². The van der Waals surface area contributed by atoms with Crippen LogP contribution in [-0.2, 0) is 14.2 Å². The highest BCUT2D eigenvalue weighted by Gasteiger charge is 2.58. The molecule has 11 heteroatoms. The van der Waals surface area contributed by atoms with E-state index < -0.39 is 61.4 Å². The van der Waals surface area contributed by atoms with E-state index in [4.69, 9.17) is 19.3 Å². The van der Waals surface area contributed by atoms with Crippen molar-refractivity contribution in [3.63, 3.8) is 0 Å². The normalized spacial score (nSPS) is 51.1. The van der Waals surface area contributed by atoms with Gasteiger partial charge in [-0.2, -0.15) is 0 Å². The number of hydrogen-bond donors (Lipinski definition) is 6. The first kappa shape index (κ1) is 19.9. The lowest BCUT2D eigenvalue weighted by atomic mass is 9.98. The molecule has 23 heavy (non-hydrogen) atoms. The average molecular weight is 468 g/mol. The van der Waals surface area contributed by atoms with Gasteiger partial charge < -0.3 is 44.8 Å². The minimum absolute atomic E-state index is 0.0722. The molecule has 2 fully saturated rings. The zero-order valence-electron chi connectivity index (χ0n) is 11.9. The third kappa shape index (κ3) is 3.60. The summed E-state index contributed by atoms with van der Waals surface area (Å²) in [5.74, 6) is -1.75. The highest BCUT2D eigenvalue weighted by Crippen LogP contribution is 2.38. The molecule has 6 N–H and O–H groups in total. The Balaban J connectivity index is 2.18. The molecule has 0 radical (unpaired) electrons. The summed E-state index contributed by atoms with van der Waals surface area (Å²) in [7, 11) is 0. The molecule has 0 spiro atoms. The quantitative estimate of drug-likeness (QED) is 0.239. The summed E-state index contributed by atoms with van der Waals surface area (Å²) in [4.78, 5) is 0. The van der Waals surface area contributed by atoms with Gasteiger partial charge in [0.25, 0.3) is 0 Å². The van der Waals surface area contributed by atoms with Gasteiger partial charge in [0.05, 0.1) is 18.0 Å². The summed E-state index contributed by atoms with van der Waals surface area (Å²) >= 11 is 6.26. The number of aliphatic hydroxyl groups excluding tert-OH is 6. The lowest BCUT2D eigenvalue weighted by Gasteiger charge is -2.43. The smallest absolute Gasteiger partial charge is 0.208 e. The Morgan fingerprint density at radius 2 is 1.61 bits per heavy atom. The minimum Gasteiger partial charge on any atom is -0.394 e.